The van der Waals surface area contributed by atoms with Crippen LogP contribution in [-0.2, 0) is 0 Å². The first-order valence-corrected chi connectivity index (χ1v) is 6.98. The van der Waals surface area contributed by atoms with Crippen LogP contribution in [0.4, 0.5) is 10.9 Å². The molecule has 0 fully saturated rings. The van der Waals surface area contributed by atoms with Gasteiger partial charge in [-0.15, -0.1) is 0 Å². The van der Waals surface area contributed by atoms with Crippen LogP contribution in [0.3, 0.4) is 0 Å². The number of carbonyl (C=O) groups excluding carboxylic acids is 1. The number of nitrogens with two attached hydrogens (primary N) is 1. The standard InChI is InChI=1S/C12H18N4OS/c1-2-6-14-12-15-10(13)9(18-12)11(17)16-7-4-3-5-8-16/h3-4H,2,5-8,13H2,1H3,(H,14,15). The Morgan fingerprint density at radius 2 is 2.44 bits per heavy atom. The Bertz CT molecular complexity index is 455. The quantitative estimate of drug-likeness (QED) is 0.817. The topological polar surface area (TPSA) is 71.2 Å². The first-order chi connectivity index (χ1) is 8.72. The van der Waals surface area contributed by atoms with Crippen LogP contribution in [0.15, 0.2) is 12.2 Å². The number of amides is 1. The molecule has 0 bridgehead atoms. The highest BCUT2D eigenvalue weighted by molar-refractivity contribution is 7.18. The first kappa shape index (κ1) is 12.9. The van der Waals surface area contributed by atoms with Crippen molar-refractivity contribution in [3.8, 4) is 0 Å². The number of carbonyl (C=O) groups is 1. The second-order valence-electron chi connectivity index (χ2n) is 4.17. The van der Waals surface area contributed by atoms with Crippen LogP contribution >= 0.6 is 11.3 Å². The van der Waals surface area contributed by atoms with Gasteiger partial charge in [0.1, 0.15) is 10.7 Å². The number of anilines is 2. The zero-order chi connectivity index (χ0) is 13.0. The highest BCUT2D eigenvalue weighted by Gasteiger charge is 2.22. The normalized spacial score (nSPS) is 14.8. The van der Waals surface area contributed by atoms with Gasteiger partial charge in [-0.3, -0.25) is 4.79 Å². The van der Waals surface area contributed by atoms with Crippen molar-refractivity contribution < 1.29 is 4.79 Å². The van der Waals surface area contributed by atoms with Crippen molar-refractivity contribution >= 4 is 28.2 Å². The molecule has 1 amide bonds. The lowest BCUT2D eigenvalue weighted by Gasteiger charge is -2.22. The van der Waals surface area contributed by atoms with E-state index in [-0.39, 0.29) is 5.91 Å². The third-order valence-electron chi connectivity index (χ3n) is 2.72. The largest absolute Gasteiger partial charge is 0.382 e. The minimum absolute atomic E-state index is 0.0149. The molecule has 0 spiro atoms. The molecule has 1 aliphatic rings. The van der Waals surface area contributed by atoms with Crippen LogP contribution in [0, 0.1) is 0 Å². The van der Waals surface area contributed by atoms with E-state index in [9.17, 15) is 4.79 Å². The van der Waals surface area contributed by atoms with Crippen molar-refractivity contribution in [1.29, 1.82) is 0 Å². The molecule has 5 nitrogen and oxygen atoms in total. The number of nitrogens with zero attached hydrogens (tertiary/aromatic N) is 2. The first-order valence-electron chi connectivity index (χ1n) is 6.16. The molecule has 3 N–H and O–H groups in total. The van der Waals surface area contributed by atoms with Crippen LogP contribution in [0.1, 0.15) is 29.4 Å². The van der Waals surface area contributed by atoms with Gasteiger partial charge in [0.05, 0.1) is 0 Å². The molecule has 0 aromatic carbocycles. The lowest BCUT2D eigenvalue weighted by atomic mass is 10.2. The Morgan fingerprint density at radius 1 is 1.61 bits per heavy atom. The fourth-order valence-electron chi connectivity index (χ4n) is 1.76. The molecule has 2 rings (SSSR count). The van der Waals surface area contributed by atoms with E-state index in [0.717, 1.165) is 31.1 Å². The van der Waals surface area contributed by atoms with Crippen molar-refractivity contribution in [2.75, 3.05) is 30.7 Å². The van der Waals surface area contributed by atoms with E-state index < -0.39 is 0 Å². The van der Waals surface area contributed by atoms with E-state index in [2.05, 4.69) is 23.3 Å². The SMILES string of the molecule is CCCNc1nc(N)c(C(=O)N2CC=CCC2)s1. The van der Waals surface area contributed by atoms with Crippen molar-refractivity contribution in [2.24, 2.45) is 0 Å². The minimum atomic E-state index is -0.0149. The number of hydrogen-bond donors (Lipinski definition) is 2. The third kappa shape index (κ3) is 2.81. The van der Waals surface area contributed by atoms with Crippen molar-refractivity contribution in [2.45, 2.75) is 19.8 Å². The van der Waals surface area contributed by atoms with Gasteiger partial charge in [-0.25, -0.2) is 4.98 Å². The van der Waals surface area contributed by atoms with Gasteiger partial charge in [0.2, 0.25) is 0 Å². The number of hydrogen-bond acceptors (Lipinski definition) is 5. The molecule has 1 aromatic heterocycles. The summed E-state index contributed by atoms with van der Waals surface area (Å²) in [5.74, 6) is 0.317. The van der Waals surface area contributed by atoms with Crippen molar-refractivity contribution in [1.82, 2.24) is 9.88 Å². The molecule has 0 atom stereocenters. The molecule has 1 aromatic rings. The summed E-state index contributed by atoms with van der Waals surface area (Å²) in [4.78, 5) is 18.8. The maximum absolute atomic E-state index is 12.3. The monoisotopic (exact) mass is 266 g/mol. The fourth-order valence-corrected chi connectivity index (χ4v) is 2.64. The smallest absolute Gasteiger partial charge is 0.268 e. The number of aromatic nitrogens is 1. The summed E-state index contributed by atoms with van der Waals surface area (Å²) in [6, 6.07) is 0. The average Bonchev–Trinajstić information content (AvgIpc) is 2.78. The zero-order valence-corrected chi connectivity index (χ0v) is 11.3. The van der Waals surface area contributed by atoms with Gasteiger partial charge in [-0.05, 0) is 12.8 Å². The van der Waals surface area contributed by atoms with Crippen LogP contribution in [-0.4, -0.2) is 35.4 Å². The van der Waals surface area contributed by atoms with Gasteiger partial charge >= 0.3 is 0 Å². The van der Waals surface area contributed by atoms with Gasteiger partial charge < -0.3 is 16.0 Å². The second kappa shape index (κ2) is 5.86. The molecule has 1 aliphatic heterocycles. The Labute approximate surface area is 111 Å². The highest BCUT2D eigenvalue weighted by atomic mass is 32.1. The molecule has 0 saturated carbocycles. The second-order valence-corrected chi connectivity index (χ2v) is 5.17. The molecular formula is C12H18N4OS. The summed E-state index contributed by atoms with van der Waals surface area (Å²) in [5.41, 5.74) is 5.81. The fraction of sp³-hybridized carbons (Fsp3) is 0.500. The van der Waals surface area contributed by atoms with Crippen molar-refractivity contribution in [3.63, 3.8) is 0 Å². The van der Waals surface area contributed by atoms with Gasteiger partial charge in [-0.1, -0.05) is 30.4 Å². The Balaban J connectivity index is 2.09. The molecule has 0 aliphatic carbocycles. The summed E-state index contributed by atoms with van der Waals surface area (Å²) < 4.78 is 0. The van der Waals surface area contributed by atoms with E-state index in [1.165, 1.54) is 11.3 Å². The highest BCUT2D eigenvalue weighted by Crippen LogP contribution is 2.26. The summed E-state index contributed by atoms with van der Waals surface area (Å²) in [6.45, 7) is 4.33. The van der Waals surface area contributed by atoms with Crippen LogP contribution in [0.25, 0.3) is 0 Å². The summed E-state index contributed by atoms with van der Waals surface area (Å²) >= 11 is 1.34. The predicted molar refractivity (Wildman–Crippen MR) is 75.0 cm³/mol. The molecule has 0 radical (unpaired) electrons. The lowest BCUT2D eigenvalue weighted by molar-refractivity contribution is 0.0776. The number of nitrogens with one attached hydrogen (secondary N) is 1. The molecule has 0 unspecified atom stereocenters. The lowest BCUT2D eigenvalue weighted by Crippen LogP contribution is -2.33. The molecule has 18 heavy (non-hydrogen) atoms. The average molecular weight is 266 g/mol. The van der Waals surface area contributed by atoms with Crippen LogP contribution in [0.5, 0.6) is 0 Å². The Morgan fingerprint density at radius 3 is 3.11 bits per heavy atom. The van der Waals surface area contributed by atoms with Crippen LogP contribution in [0.2, 0.25) is 0 Å². The predicted octanol–water partition coefficient (Wildman–Crippen LogP) is 1.95. The summed E-state index contributed by atoms with van der Waals surface area (Å²) in [7, 11) is 0. The van der Waals surface area contributed by atoms with E-state index in [0.29, 0.717) is 17.2 Å². The Hall–Kier alpha value is -1.56. The number of rotatable bonds is 4. The number of nitrogen functional groups attached to an aromatic ring is 1. The molecule has 0 saturated heterocycles. The van der Waals surface area contributed by atoms with E-state index in [1.807, 2.05) is 6.08 Å². The van der Waals surface area contributed by atoms with E-state index in [4.69, 9.17) is 5.73 Å². The van der Waals surface area contributed by atoms with Gasteiger partial charge in [0.15, 0.2) is 5.13 Å². The summed E-state index contributed by atoms with van der Waals surface area (Å²) in [6.07, 6.45) is 6.02. The van der Waals surface area contributed by atoms with Crippen LogP contribution < -0.4 is 11.1 Å². The maximum atomic E-state index is 12.3. The molecule has 98 valence electrons. The van der Waals surface area contributed by atoms with E-state index >= 15 is 0 Å². The summed E-state index contributed by atoms with van der Waals surface area (Å²) in [5, 5.41) is 3.88. The molecule has 2 heterocycles. The minimum Gasteiger partial charge on any atom is -0.382 e. The Kier molecular flexibility index (Phi) is 4.19. The van der Waals surface area contributed by atoms with Gasteiger partial charge in [0, 0.05) is 19.6 Å². The molecule has 6 heteroatoms. The zero-order valence-electron chi connectivity index (χ0n) is 10.5. The molecular weight excluding hydrogens is 248 g/mol. The third-order valence-corrected chi connectivity index (χ3v) is 3.74. The van der Waals surface area contributed by atoms with E-state index in [1.54, 1.807) is 4.90 Å². The maximum Gasteiger partial charge on any atom is 0.268 e. The van der Waals surface area contributed by atoms with Crippen molar-refractivity contribution in [3.05, 3.63) is 17.0 Å². The van der Waals surface area contributed by atoms with Gasteiger partial charge in [0.25, 0.3) is 5.91 Å². The van der Waals surface area contributed by atoms with Gasteiger partial charge in [-0.2, -0.15) is 0 Å². The number of thiazole rings is 1.